The van der Waals surface area contributed by atoms with Gasteiger partial charge in [0.05, 0.1) is 12.7 Å². The second-order valence-corrected chi connectivity index (χ2v) is 3.79. The summed E-state index contributed by atoms with van der Waals surface area (Å²) in [4.78, 5) is 2.37. The van der Waals surface area contributed by atoms with Gasteiger partial charge in [0, 0.05) is 19.7 Å². The van der Waals surface area contributed by atoms with Gasteiger partial charge in [-0.2, -0.15) is 0 Å². The quantitative estimate of drug-likeness (QED) is 0.644. The summed E-state index contributed by atoms with van der Waals surface area (Å²) in [6, 6.07) is 0. The van der Waals surface area contributed by atoms with E-state index >= 15 is 0 Å². The Bertz CT molecular complexity index is 139. The molecule has 1 rings (SSSR count). The van der Waals surface area contributed by atoms with Gasteiger partial charge in [-0.25, -0.2) is 0 Å². The van der Waals surface area contributed by atoms with Gasteiger partial charge in [0.1, 0.15) is 0 Å². The third-order valence-electron chi connectivity index (χ3n) is 2.75. The zero-order valence-electron chi connectivity index (χ0n) is 8.70. The van der Waals surface area contributed by atoms with E-state index in [0.29, 0.717) is 5.92 Å². The van der Waals surface area contributed by atoms with Crippen LogP contribution in [-0.2, 0) is 4.74 Å². The van der Waals surface area contributed by atoms with E-state index in [4.69, 9.17) is 4.74 Å². The van der Waals surface area contributed by atoms with Gasteiger partial charge >= 0.3 is 0 Å². The van der Waals surface area contributed by atoms with Crippen molar-refractivity contribution >= 4 is 0 Å². The zero-order chi connectivity index (χ0) is 9.68. The smallest absolute Gasteiger partial charge is 0.0593 e. The molecule has 0 aromatic rings. The third-order valence-corrected chi connectivity index (χ3v) is 2.75. The highest BCUT2D eigenvalue weighted by atomic mass is 16.5. The van der Waals surface area contributed by atoms with Gasteiger partial charge in [-0.05, 0) is 32.7 Å². The molecule has 0 aromatic heterocycles. The molecular formula is C10H21NO2. The average Bonchev–Trinajstić information content (AvgIpc) is 2.53. The Labute approximate surface area is 80.7 Å². The first-order chi connectivity index (χ1) is 6.24. The molecule has 3 nitrogen and oxygen atoms in total. The Morgan fingerprint density at radius 3 is 2.92 bits per heavy atom. The van der Waals surface area contributed by atoms with E-state index in [1.54, 1.807) is 0 Å². The SMILES string of the molecule is CCOCCN1CCC(C(C)O)C1. The van der Waals surface area contributed by atoms with Crippen LogP contribution in [0.1, 0.15) is 20.3 Å². The van der Waals surface area contributed by atoms with Crippen LogP contribution in [0.25, 0.3) is 0 Å². The number of aliphatic hydroxyl groups excluding tert-OH is 1. The van der Waals surface area contributed by atoms with Crippen LogP contribution in [0.15, 0.2) is 0 Å². The lowest BCUT2D eigenvalue weighted by Gasteiger charge is -2.16. The summed E-state index contributed by atoms with van der Waals surface area (Å²) in [5.41, 5.74) is 0. The van der Waals surface area contributed by atoms with Crippen LogP contribution in [0.2, 0.25) is 0 Å². The average molecular weight is 187 g/mol. The molecular weight excluding hydrogens is 166 g/mol. The van der Waals surface area contributed by atoms with Crippen molar-refractivity contribution in [2.45, 2.75) is 26.4 Å². The van der Waals surface area contributed by atoms with Gasteiger partial charge in [-0.15, -0.1) is 0 Å². The molecule has 1 heterocycles. The molecule has 1 N–H and O–H groups in total. The third kappa shape index (κ3) is 3.63. The molecule has 1 fully saturated rings. The van der Waals surface area contributed by atoms with Gasteiger partial charge in [-0.3, -0.25) is 0 Å². The fourth-order valence-electron chi connectivity index (χ4n) is 1.80. The van der Waals surface area contributed by atoms with E-state index in [1.165, 1.54) is 0 Å². The summed E-state index contributed by atoms with van der Waals surface area (Å²) in [7, 11) is 0. The minimum Gasteiger partial charge on any atom is -0.393 e. The minimum absolute atomic E-state index is 0.155. The van der Waals surface area contributed by atoms with E-state index in [1.807, 2.05) is 13.8 Å². The van der Waals surface area contributed by atoms with E-state index in [2.05, 4.69) is 4.90 Å². The lowest BCUT2D eigenvalue weighted by atomic mass is 10.0. The van der Waals surface area contributed by atoms with Crippen molar-refractivity contribution < 1.29 is 9.84 Å². The van der Waals surface area contributed by atoms with Crippen molar-refractivity contribution in [2.24, 2.45) is 5.92 Å². The number of hydrogen-bond donors (Lipinski definition) is 1. The number of aliphatic hydroxyl groups is 1. The number of rotatable bonds is 5. The fraction of sp³-hybridized carbons (Fsp3) is 1.00. The monoisotopic (exact) mass is 187 g/mol. The Kier molecular flexibility index (Phi) is 4.70. The molecule has 78 valence electrons. The maximum absolute atomic E-state index is 9.38. The Hall–Kier alpha value is -0.120. The topological polar surface area (TPSA) is 32.7 Å². The Morgan fingerprint density at radius 1 is 1.62 bits per heavy atom. The maximum Gasteiger partial charge on any atom is 0.0593 e. The molecule has 1 aliphatic rings. The van der Waals surface area contributed by atoms with Crippen LogP contribution in [0.5, 0.6) is 0 Å². The van der Waals surface area contributed by atoms with Gasteiger partial charge in [0.25, 0.3) is 0 Å². The van der Waals surface area contributed by atoms with Crippen LogP contribution in [-0.4, -0.2) is 49.0 Å². The van der Waals surface area contributed by atoms with E-state index in [0.717, 1.165) is 39.3 Å². The molecule has 0 bridgehead atoms. The highest BCUT2D eigenvalue weighted by Crippen LogP contribution is 2.18. The lowest BCUT2D eigenvalue weighted by Crippen LogP contribution is -2.27. The number of ether oxygens (including phenoxy) is 1. The highest BCUT2D eigenvalue weighted by Gasteiger charge is 2.25. The normalized spacial score (nSPS) is 26.5. The van der Waals surface area contributed by atoms with Crippen molar-refractivity contribution in [3.8, 4) is 0 Å². The van der Waals surface area contributed by atoms with Crippen LogP contribution in [0, 0.1) is 5.92 Å². The highest BCUT2D eigenvalue weighted by molar-refractivity contribution is 4.78. The Morgan fingerprint density at radius 2 is 2.38 bits per heavy atom. The molecule has 0 aromatic carbocycles. The summed E-state index contributed by atoms with van der Waals surface area (Å²) in [6.45, 7) is 8.68. The van der Waals surface area contributed by atoms with Crippen LogP contribution >= 0.6 is 0 Å². The first kappa shape index (κ1) is 11.0. The molecule has 0 spiro atoms. The van der Waals surface area contributed by atoms with Crippen molar-refractivity contribution in [3.05, 3.63) is 0 Å². The van der Waals surface area contributed by atoms with Crippen LogP contribution in [0.3, 0.4) is 0 Å². The van der Waals surface area contributed by atoms with Gasteiger partial charge < -0.3 is 14.7 Å². The van der Waals surface area contributed by atoms with Crippen molar-refractivity contribution in [1.82, 2.24) is 4.90 Å². The Balaban J connectivity index is 2.10. The molecule has 2 atom stereocenters. The molecule has 0 amide bonds. The van der Waals surface area contributed by atoms with Gasteiger partial charge in [-0.1, -0.05) is 0 Å². The molecule has 0 radical (unpaired) electrons. The van der Waals surface area contributed by atoms with Gasteiger partial charge in [0.15, 0.2) is 0 Å². The van der Waals surface area contributed by atoms with E-state index in [-0.39, 0.29) is 6.10 Å². The zero-order valence-corrected chi connectivity index (χ0v) is 8.70. The summed E-state index contributed by atoms with van der Waals surface area (Å²) in [5.74, 6) is 0.474. The maximum atomic E-state index is 9.38. The predicted octanol–water partition coefficient (Wildman–Crippen LogP) is 0.726. The molecule has 3 heteroatoms. The van der Waals surface area contributed by atoms with Crippen molar-refractivity contribution in [3.63, 3.8) is 0 Å². The summed E-state index contributed by atoms with van der Waals surface area (Å²) >= 11 is 0. The fourth-order valence-corrected chi connectivity index (χ4v) is 1.80. The first-order valence-electron chi connectivity index (χ1n) is 5.22. The van der Waals surface area contributed by atoms with Crippen molar-refractivity contribution in [2.75, 3.05) is 32.8 Å². The number of hydrogen-bond acceptors (Lipinski definition) is 3. The van der Waals surface area contributed by atoms with Crippen LogP contribution < -0.4 is 0 Å². The van der Waals surface area contributed by atoms with Crippen molar-refractivity contribution in [1.29, 1.82) is 0 Å². The number of likely N-dealkylation sites (tertiary alicyclic amines) is 1. The second-order valence-electron chi connectivity index (χ2n) is 3.79. The molecule has 2 unspecified atom stereocenters. The molecule has 0 aliphatic carbocycles. The van der Waals surface area contributed by atoms with E-state index in [9.17, 15) is 5.11 Å². The molecule has 1 aliphatic heterocycles. The lowest BCUT2D eigenvalue weighted by molar-refractivity contribution is 0.106. The first-order valence-corrected chi connectivity index (χ1v) is 5.22. The summed E-state index contributed by atoms with van der Waals surface area (Å²) in [6.07, 6.45) is 0.973. The van der Waals surface area contributed by atoms with E-state index < -0.39 is 0 Å². The molecule has 0 saturated carbocycles. The molecule has 1 saturated heterocycles. The standard InChI is InChI=1S/C10H21NO2/c1-3-13-7-6-11-5-4-10(8-11)9(2)12/h9-10,12H,3-8H2,1-2H3. The molecule has 13 heavy (non-hydrogen) atoms. The summed E-state index contributed by atoms with van der Waals surface area (Å²) < 4.78 is 5.29. The summed E-state index contributed by atoms with van der Waals surface area (Å²) in [5, 5.41) is 9.38. The van der Waals surface area contributed by atoms with Gasteiger partial charge in [0.2, 0.25) is 0 Å². The predicted molar refractivity (Wildman–Crippen MR) is 52.7 cm³/mol. The second kappa shape index (κ2) is 5.58. The van der Waals surface area contributed by atoms with Crippen LogP contribution in [0.4, 0.5) is 0 Å². The largest absolute Gasteiger partial charge is 0.393 e. The minimum atomic E-state index is -0.155. The number of nitrogens with zero attached hydrogens (tertiary/aromatic N) is 1.